The van der Waals surface area contributed by atoms with Gasteiger partial charge in [-0.3, -0.25) is 0 Å². The third-order valence-electron chi connectivity index (χ3n) is 3.22. The average molecular weight is 244 g/mol. The Morgan fingerprint density at radius 3 is 2.41 bits per heavy atom. The molecule has 100 valence electrons. The van der Waals surface area contributed by atoms with Crippen molar-refractivity contribution < 1.29 is 19.7 Å². The number of hydrogen-bond acceptors (Lipinski definition) is 4. The van der Waals surface area contributed by atoms with Crippen LogP contribution in [0.5, 0.6) is 0 Å². The number of ether oxygens (including phenoxy) is 1. The zero-order valence-corrected chi connectivity index (χ0v) is 11.0. The maximum atomic E-state index is 11.4. The first-order valence-corrected chi connectivity index (χ1v) is 5.97. The van der Waals surface area contributed by atoms with E-state index in [4.69, 9.17) is 4.74 Å². The second kappa shape index (κ2) is 7.45. The lowest BCUT2D eigenvalue weighted by atomic mass is 9.74. The van der Waals surface area contributed by atoms with E-state index in [1.165, 1.54) is 0 Å². The van der Waals surface area contributed by atoms with Gasteiger partial charge >= 0.3 is 5.97 Å². The van der Waals surface area contributed by atoms with E-state index in [9.17, 15) is 15.0 Å². The quantitative estimate of drug-likeness (QED) is 0.502. The lowest BCUT2D eigenvalue weighted by molar-refractivity contribution is -0.146. The van der Waals surface area contributed by atoms with E-state index in [-0.39, 0.29) is 25.7 Å². The molecular formula is C13H24O4. The Labute approximate surface area is 103 Å². The molecule has 4 nitrogen and oxygen atoms in total. The maximum absolute atomic E-state index is 11.4. The average Bonchev–Trinajstić information content (AvgIpc) is 2.32. The molecule has 0 heterocycles. The first-order chi connectivity index (χ1) is 7.93. The fraction of sp³-hybridized carbons (Fsp3) is 0.769. The second-order valence-electron chi connectivity index (χ2n) is 4.71. The van der Waals surface area contributed by atoms with Crippen LogP contribution in [0.3, 0.4) is 0 Å². The number of hydrogen-bond donors (Lipinski definition) is 2. The van der Waals surface area contributed by atoms with Crippen molar-refractivity contribution in [1.82, 2.24) is 0 Å². The standard InChI is InChI=1S/C13H24O4/c1-5-6-13(8-15,11(4)7-14)9-17-12(16)10(2)3/h11,14-15H,2,5-9H2,1,3-4H3. The van der Waals surface area contributed by atoms with Crippen LogP contribution in [0.4, 0.5) is 0 Å². The predicted molar refractivity (Wildman–Crippen MR) is 66.4 cm³/mol. The van der Waals surface area contributed by atoms with Crippen molar-refractivity contribution in [3.63, 3.8) is 0 Å². The van der Waals surface area contributed by atoms with Crippen LogP contribution in [0.1, 0.15) is 33.6 Å². The van der Waals surface area contributed by atoms with Crippen LogP contribution in [0.25, 0.3) is 0 Å². The third kappa shape index (κ3) is 4.48. The Bertz CT molecular complexity index is 262. The van der Waals surface area contributed by atoms with Crippen molar-refractivity contribution in [3.05, 3.63) is 12.2 Å². The summed E-state index contributed by atoms with van der Waals surface area (Å²) in [6.07, 6.45) is 1.56. The van der Waals surface area contributed by atoms with Crippen LogP contribution < -0.4 is 0 Å². The fourth-order valence-corrected chi connectivity index (χ4v) is 1.77. The minimum atomic E-state index is -0.561. The first kappa shape index (κ1) is 16.1. The Hall–Kier alpha value is -0.870. The highest BCUT2D eigenvalue weighted by atomic mass is 16.5. The number of rotatable bonds is 8. The lowest BCUT2D eigenvalue weighted by Gasteiger charge is -2.36. The van der Waals surface area contributed by atoms with E-state index in [2.05, 4.69) is 6.58 Å². The van der Waals surface area contributed by atoms with Gasteiger partial charge in [-0.05, 0) is 19.3 Å². The van der Waals surface area contributed by atoms with Crippen molar-refractivity contribution in [3.8, 4) is 0 Å². The van der Waals surface area contributed by atoms with Gasteiger partial charge in [0.25, 0.3) is 0 Å². The zero-order valence-electron chi connectivity index (χ0n) is 11.0. The van der Waals surface area contributed by atoms with Crippen LogP contribution in [0.15, 0.2) is 12.2 Å². The molecule has 0 amide bonds. The Morgan fingerprint density at radius 2 is 2.06 bits per heavy atom. The van der Waals surface area contributed by atoms with Crippen molar-refractivity contribution in [2.45, 2.75) is 33.6 Å². The maximum Gasteiger partial charge on any atom is 0.333 e. The van der Waals surface area contributed by atoms with Gasteiger partial charge in [-0.2, -0.15) is 0 Å². The molecule has 0 aliphatic heterocycles. The van der Waals surface area contributed by atoms with Gasteiger partial charge in [0.15, 0.2) is 0 Å². The monoisotopic (exact) mass is 244 g/mol. The molecule has 2 unspecified atom stereocenters. The molecule has 2 N–H and O–H groups in total. The topological polar surface area (TPSA) is 66.8 Å². The molecule has 0 radical (unpaired) electrons. The first-order valence-electron chi connectivity index (χ1n) is 5.97. The number of aliphatic hydroxyl groups is 2. The lowest BCUT2D eigenvalue weighted by Crippen LogP contribution is -2.40. The van der Waals surface area contributed by atoms with Crippen molar-refractivity contribution in [2.24, 2.45) is 11.3 Å². The van der Waals surface area contributed by atoms with E-state index < -0.39 is 11.4 Å². The van der Waals surface area contributed by atoms with Gasteiger partial charge in [0.1, 0.15) is 0 Å². The summed E-state index contributed by atoms with van der Waals surface area (Å²) < 4.78 is 5.13. The smallest absolute Gasteiger partial charge is 0.333 e. The Balaban J connectivity index is 4.68. The summed E-state index contributed by atoms with van der Waals surface area (Å²) in [5.74, 6) is -0.575. The van der Waals surface area contributed by atoms with Crippen molar-refractivity contribution in [1.29, 1.82) is 0 Å². The molecule has 17 heavy (non-hydrogen) atoms. The summed E-state index contributed by atoms with van der Waals surface area (Å²) in [7, 11) is 0. The molecule has 0 aliphatic carbocycles. The van der Waals surface area contributed by atoms with Gasteiger partial charge in [0, 0.05) is 17.6 Å². The highest BCUT2D eigenvalue weighted by Crippen LogP contribution is 2.33. The molecule has 0 fully saturated rings. The molecule has 0 bridgehead atoms. The number of aliphatic hydroxyl groups excluding tert-OH is 2. The molecule has 0 saturated heterocycles. The zero-order chi connectivity index (χ0) is 13.5. The summed E-state index contributed by atoms with van der Waals surface area (Å²) in [5, 5.41) is 18.8. The third-order valence-corrected chi connectivity index (χ3v) is 3.22. The molecule has 0 aromatic rings. The van der Waals surface area contributed by atoms with Crippen LogP contribution in [0, 0.1) is 11.3 Å². The van der Waals surface area contributed by atoms with E-state index >= 15 is 0 Å². The molecule has 0 spiro atoms. The molecule has 0 aliphatic rings. The highest BCUT2D eigenvalue weighted by molar-refractivity contribution is 5.86. The van der Waals surface area contributed by atoms with Gasteiger partial charge in [-0.1, -0.05) is 26.8 Å². The van der Waals surface area contributed by atoms with E-state index in [1.54, 1.807) is 6.92 Å². The SMILES string of the molecule is C=C(C)C(=O)OCC(CO)(CCC)C(C)CO. The molecular weight excluding hydrogens is 220 g/mol. The molecule has 0 saturated carbocycles. The van der Waals surface area contributed by atoms with E-state index in [0.29, 0.717) is 12.0 Å². The van der Waals surface area contributed by atoms with E-state index in [1.807, 2.05) is 13.8 Å². The normalized spacial score (nSPS) is 16.1. The summed E-state index contributed by atoms with van der Waals surface area (Å²) in [6, 6.07) is 0. The summed E-state index contributed by atoms with van der Waals surface area (Å²) in [5.41, 5.74) is -0.223. The highest BCUT2D eigenvalue weighted by Gasteiger charge is 2.36. The molecule has 0 aromatic carbocycles. The van der Waals surface area contributed by atoms with Crippen molar-refractivity contribution >= 4 is 5.97 Å². The number of carbonyl (C=O) groups is 1. The minimum Gasteiger partial charge on any atom is -0.462 e. The number of esters is 1. The molecule has 0 aromatic heterocycles. The fourth-order valence-electron chi connectivity index (χ4n) is 1.77. The Kier molecular flexibility index (Phi) is 7.07. The van der Waals surface area contributed by atoms with Gasteiger partial charge in [0.2, 0.25) is 0 Å². The predicted octanol–water partition coefficient (Wildman–Crippen LogP) is 1.51. The van der Waals surface area contributed by atoms with Gasteiger partial charge < -0.3 is 14.9 Å². The van der Waals surface area contributed by atoms with Crippen LogP contribution in [0.2, 0.25) is 0 Å². The second-order valence-corrected chi connectivity index (χ2v) is 4.71. The summed E-state index contributed by atoms with van der Waals surface area (Å²) >= 11 is 0. The minimum absolute atomic E-state index is 0.0365. The molecule has 2 atom stereocenters. The summed E-state index contributed by atoms with van der Waals surface area (Å²) in [6.45, 7) is 8.90. The van der Waals surface area contributed by atoms with Crippen LogP contribution >= 0.6 is 0 Å². The van der Waals surface area contributed by atoms with Gasteiger partial charge in [-0.15, -0.1) is 0 Å². The van der Waals surface area contributed by atoms with Gasteiger partial charge in [-0.25, -0.2) is 4.79 Å². The largest absolute Gasteiger partial charge is 0.462 e. The van der Waals surface area contributed by atoms with Gasteiger partial charge in [0.05, 0.1) is 13.2 Å². The Morgan fingerprint density at radius 1 is 1.47 bits per heavy atom. The van der Waals surface area contributed by atoms with E-state index in [0.717, 1.165) is 6.42 Å². The van der Waals surface area contributed by atoms with Crippen LogP contribution in [-0.2, 0) is 9.53 Å². The molecule has 0 rings (SSSR count). The molecule has 4 heteroatoms. The number of carbonyl (C=O) groups excluding carboxylic acids is 1. The summed E-state index contributed by atoms with van der Waals surface area (Å²) in [4.78, 5) is 11.4. The van der Waals surface area contributed by atoms with Crippen molar-refractivity contribution in [2.75, 3.05) is 19.8 Å². The van der Waals surface area contributed by atoms with Crippen LogP contribution in [-0.4, -0.2) is 36.0 Å².